The van der Waals surface area contributed by atoms with Crippen LogP contribution in [0.25, 0.3) is 6.08 Å². The molecule has 4 heteroatoms. The molecule has 1 heterocycles. The number of phenols is 1. The summed E-state index contributed by atoms with van der Waals surface area (Å²) in [5.41, 5.74) is 2.85. The highest BCUT2D eigenvalue weighted by molar-refractivity contribution is 8.04. The maximum atomic E-state index is 11.6. The van der Waals surface area contributed by atoms with Gasteiger partial charge in [0.15, 0.2) is 0 Å². The number of carbonyl (C=O) groups is 1. The second-order valence-electron chi connectivity index (χ2n) is 5.66. The Hall–Kier alpha value is -1.42. The highest BCUT2D eigenvalue weighted by Gasteiger charge is 2.19. The average Bonchev–Trinajstić information content (AvgIpc) is 2.76. The Morgan fingerprint density at radius 1 is 1.25 bits per heavy atom. The highest BCUT2D eigenvalue weighted by Crippen LogP contribution is 2.35. The number of aromatic hydroxyl groups is 1. The van der Waals surface area contributed by atoms with Gasteiger partial charge in [0.1, 0.15) is 5.75 Å². The molecule has 1 aromatic rings. The highest BCUT2D eigenvalue weighted by atomic mass is 32.2. The quantitative estimate of drug-likeness (QED) is 0.833. The number of thioether (sulfide) groups is 1. The van der Waals surface area contributed by atoms with Gasteiger partial charge < -0.3 is 10.4 Å². The molecule has 0 aliphatic carbocycles. The van der Waals surface area contributed by atoms with Crippen LogP contribution in [0.3, 0.4) is 0 Å². The Kier molecular flexibility index (Phi) is 4.43. The molecule has 1 aromatic carbocycles. The Morgan fingerprint density at radius 2 is 1.95 bits per heavy atom. The molecule has 2 rings (SSSR count). The summed E-state index contributed by atoms with van der Waals surface area (Å²) in [5.74, 6) is 1.46. The predicted octanol–water partition coefficient (Wildman–Crippen LogP) is 3.80. The van der Waals surface area contributed by atoms with E-state index in [1.165, 1.54) is 17.3 Å². The zero-order valence-electron chi connectivity index (χ0n) is 12.4. The molecule has 2 N–H and O–H groups in total. The van der Waals surface area contributed by atoms with Crippen LogP contribution in [-0.4, -0.2) is 16.9 Å². The van der Waals surface area contributed by atoms with Crippen molar-refractivity contribution in [1.29, 1.82) is 0 Å². The number of hydrogen-bond donors (Lipinski definition) is 2. The number of carbonyl (C=O) groups excluding carboxylic acids is 1. The van der Waals surface area contributed by atoms with Crippen molar-refractivity contribution < 1.29 is 9.90 Å². The molecule has 1 aliphatic heterocycles. The summed E-state index contributed by atoms with van der Waals surface area (Å²) in [6.07, 6.45) is 1.79. The van der Waals surface area contributed by atoms with Gasteiger partial charge in [0.25, 0.3) is 5.91 Å². The van der Waals surface area contributed by atoms with E-state index in [2.05, 4.69) is 39.1 Å². The number of phenolic OH excluding ortho intramolecular Hbond substituents is 1. The molecular formula is C16H21NO2S. The van der Waals surface area contributed by atoms with E-state index in [1.54, 1.807) is 6.08 Å². The summed E-state index contributed by atoms with van der Waals surface area (Å²) in [6, 6.07) is 4.04. The lowest BCUT2D eigenvalue weighted by atomic mass is 9.92. The molecule has 1 saturated heterocycles. The second-order valence-corrected chi connectivity index (χ2v) is 6.68. The first-order valence-electron chi connectivity index (χ1n) is 6.89. The van der Waals surface area contributed by atoms with Crippen LogP contribution in [0.2, 0.25) is 0 Å². The Morgan fingerprint density at radius 3 is 2.45 bits per heavy atom. The lowest BCUT2D eigenvalue weighted by molar-refractivity contribution is -0.116. The normalized spacial score (nSPS) is 17.3. The number of benzene rings is 1. The fourth-order valence-electron chi connectivity index (χ4n) is 2.17. The van der Waals surface area contributed by atoms with Crippen LogP contribution in [0.15, 0.2) is 17.0 Å². The standard InChI is InChI=1S/C16H21NO2S/c1-9(2)11-5-12(7-14-16(19)17-8-20-14)15(18)13(6-11)10(3)4/h5-7,9-10,18H,8H2,1-4H3,(H,17,19). The maximum Gasteiger partial charge on any atom is 0.258 e. The summed E-state index contributed by atoms with van der Waals surface area (Å²) in [5, 5.41) is 13.2. The van der Waals surface area contributed by atoms with E-state index in [1.807, 2.05) is 6.07 Å². The molecule has 0 radical (unpaired) electrons. The van der Waals surface area contributed by atoms with Crippen LogP contribution in [0.4, 0.5) is 0 Å². The number of hydrogen-bond acceptors (Lipinski definition) is 3. The van der Waals surface area contributed by atoms with E-state index in [0.29, 0.717) is 16.7 Å². The lowest BCUT2D eigenvalue weighted by Gasteiger charge is -2.16. The van der Waals surface area contributed by atoms with Crippen molar-refractivity contribution in [3.8, 4) is 5.75 Å². The van der Waals surface area contributed by atoms with E-state index in [0.717, 1.165) is 11.1 Å². The first-order valence-corrected chi connectivity index (χ1v) is 7.88. The molecule has 0 saturated carbocycles. The molecule has 1 amide bonds. The summed E-state index contributed by atoms with van der Waals surface area (Å²) in [6.45, 7) is 8.38. The van der Waals surface area contributed by atoms with Crippen LogP contribution < -0.4 is 5.32 Å². The number of nitrogens with one attached hydrogen (secondary N) is 1. The Bertz CT molecular complexity index is 562. The third-order valence-electron chi connectivity index (χ3n) is 3.45. The summed E-state index contributed by atoms with van der Waals surface area (Å²) in [4.78, 5) is 12.3. The van der Waals surface area contributed by atoms with Gasteiger partial charge in [-0.1, -0.05) is 45.5 Å². The Balaban J connectivity index is 2.53. The van der Waals surface area contributed by atoms with Gasteiger partial charge in [-0.15, -0.1) is 0 Å². The molecule has 20 heavy (non-hydrogen) atoms. The molecule has 1 aliphatic rings. The van der Waals surface area contributed by atoms with E-state index in [9.17, 15) is 9.90 Å². The van der Waals surface area contributed by atoms with Crippen molar-refractivity contribution in [1.82, 2.24) is 5.32 Å². The van der Waals surface area contributed by atoms with Gasteiger partial charge >= 0.3 is 0 Å². The van der Waals surface area contributed by atoms with Gasteiger partial charge in [0.05, 0.1) is 10.8 Å². The van der Waals surface area contributed by atoms with Gasteiger partial charge in [-0.05, 0) is 35.1 Å². The van der Waals surface area contributed by atoms with Crippen LogP contribution >= 0.6 is 11.8 Å². The molecule has 1 fully saturated rings. The minimum Gasteiger partial charge on any atom is -0.507 e. The molecule has 0 spiro atoms. The first kappa shape index (κ1) is 15.0. The largest absolute Gasteiger partial charge is 0.507 e. The monoisotopic (exact) mass is 291 g/mol. The molecular weight excluding hydrogens is 270 g/mol. The lowest BCUT2D eigenvalue weighted by Crippen LogP contribution is -2.13. The van der Waals surface area contributed by atoms with Crippen molar-refractivity contribution in [3.63, 3.8) is 0 Å². The number of rotatable bonds is 3. The summed E-state index contributed by atoms with van der Waals surface area (Å²) in [7, 11) is 0. The van der Waals surface area contributed by atoms with Crippen LogP contribution in [0.5, 0.6) is 5.75 Å². The minimum absolute atomic E-state index is 0.0598. The van der Waals surface area contributed by atoms with Crippen LogP contribution in [0, 0.1) is 0 Å². The van der Waals surface area contributed by atoms with Crippen molar-refractivity contribution in [2.75, 3.05) is 5.88 Å². The zero-order valence-corrected chi connectivity index (χ0v) is 13.2. The fraction of sp³-hybridized carbons (Fsp3) is 0.438. The van der Waals surface area contributed by atoms with Gasteiger partial charge in [-0.25, -0.2) is 0 Å². The molecule has 108 valence electrons. The maximum absolute atomic E-state index is 11.6. The van der Waals surface area contributed by atoms with E-state index in [-0.39, 0.29) is 17.6 Å². The summed E-state index contributed by atoms with van der Waals surface area (Å²) < 4.78 is 0. The molecule has 0 unspecified atom stereocenters. The van der Waals surface area contributed by atoms with Gasteiger partial charge in [-0.2, -0.15) is 0 Å². The van der Waals surface area contributed by atoms with Crippen LogP contribution in [0.1, 0.15) is 56.2 Å². The Labute approximate surface area is 124 Å². The van der Waals surface area contributed by atoms with E-state index < -0.39 is 0 Å². The first-order chi connectivity index (χ1) is 9.40. The second kappa shape index (κ2) is 5.92. The van der Waals surface area contributed by atoms with Crippen molar-refractivity contribution in [2.45, 2.75) is 39.5 Å². The van der Waals surface area contributed by atoms with E-state index >= 15 is 0 Å². The van der Waals surface area contributed by atoms with Crippen molar-refractivity contribution in [3.05, 3.63) is 33.7 Å². The van der Waals surface area contributed by atoms with Gasteiger partial charge in [0, 0.05) is 5.56 Å². The third kappa shape index (κ3) is 3.01. The molecule has 0 aromatic heterocycles. The molecule has 0 bridgehead atoms. The summed E-state index contributed by atoms with van der Waals surface area (Å²) >= 11 is 1.47. The van der Waals surface area contributed by atoms with Crippen molar-refractivity contribution >= 4 is 23.7 Å². The molecule has 0 atom stereocenters. The van der Waals surface area contributed by atoms with E-state index in [4.69, 9.17) is 0 Å². The third-order valence-corrected chi connectivity index (χ3v) is 4.35. The fourth-order valence-corrected chi connectivity index (χ4v) is 2.94. The SMILES string of the molecule is CC(C)c1cc(C=C2SCNC2=O)c(O)c(C(C)C)c1. The van der Waals surface area contributed by atoms with Gasteiger partial charge in [0.2, 0.25) is 0 Å². The molecule has 3 nitrogen and oxygen atoms in total. The minimum atomic E-state index is -0.0598. The zero-order chi connectivity index (χ0) is 14.9. The topological polar surface area (TPSA) is 49.3 Å². The number of amides is 1. The van der Waals surface area contributed by atoms with Crippen molar-refractivity contribution in [2.24, 2.45) is 0 Å². The van der Waals surface area contributed by atoms with Crippen LogP contribution in [-0.2, 0) is 4.79 Å². The average molecular weight is 291 g/mol. The predicted molar refractivity (Wildman–Crippen MR) is 84.9 cm³/mol. The smallest absolute Gasteiger partial charge is 0.258 e. The van der Waals surface area contributed by atoms with Gasteiger partial charge in [-0.3, -0.25) is 4.79 Å².